The molecule has 1 aromatic carbocycles. The van der Waals surface area contributed by atoms with Crippen LogP contribution in [0, 0.1) is 6.92 Å². The van der Waals surface area contributed by atoms with E-state index in [9.17, 15) is 14.4 Å². The minimum absolute atomic E-state index is 0.0322. The maximum atomic E-state index is 12.8. The fourth-order valence-corrected chi connectivity index (χ4v) is 4.11. The monoisotopic (exact) mass is 400 g/mol. The quantitative estimate of drug-likeness (QED) is 0.826. The first-order chi connectivity index (χ1) is 13.9. The molecule has 3 rings (SSSR count). The Balaban J connectivity index is 1.44. The normalized spacial score (nSPS) is 19.0. The molecule has 2 fully saturated rings. The van der Waals surface area contributed by atoms with Crippen molar-refractivity contribution < 1.29 is 14.4 Å². The van der Waals surface area contributed by atoms with E-state index in [1.54, 1.807) is 6.92 Å². The van der Waals surface area contributed by atoms with Gasteiger partial charge in [-0.15, -0.1) is 0 Å². The van der Waals surface area contributed by atoms with Crippen molar-refractivity contribution in [3.8, 4) is 0 Å². The fourth-order valence-electron chi connectivity index (χ4n) is 4.11. The lowest BCUT2D eigenvalue weighted by molar-refractivity contribution is -0.130. The summed E-state index contributed by atoms with van der Waals surface area (Å²) < 4.78 is 0. The second kappa shape index (κ2) is 9.87. The second-order valence-corrected chi connectivity index (χ2v) is 8.14. The van der Waals surface area contributed by atoms with Crippen LogP contribution in [-0.4, -0.2) is 84.3 Å². The van der Waals surface area contributed by atoms with E-state index in [1.807, 2.05) is 41.0 Å². The lowest BCUT2D eigenvalue weighted by Gasteiger charge is -2.32. The topological polar surface area (TPSA) is 73.0 Å². The highest BCUT2D eigenvalue weighted by Gasteiger charge is 2.24. The lowest BCUT2D eigenvalue weighted by Crippen LogP contribution is -2.48. The van der Waals surface area contributed by atoms with Gasteiger partial charge in [-0.2, -0.15) is 0 Å². The Morgan fingerprint density at radius 1 is 1.00 bits per heavy atom. The van der Waals surface area contributed by atoms with Crippen LogP contribution in [-0.2, 0) is 9.59 Å². The molecule has 0 atom stereocenters. The smallest absolute Gasteiger partial charge is 0.253 e. The van der Waals surface area contributed by atoms with E-state index in [1.165, 1.54) is 0 Å². The maximum Gasteiger partial charge on any atom is 0.253 e. The molecule has 0 aromatic heterocycles. The molecule has 2 aliphatic heterocycles. The molecule has 0 saturated carbocycles. The van der Waals surface area contributed by atoms with Crippen molar-refractivity contribution in [1.82, 2.24) is 20.0 Å². The van der Waals surface area contributed by atoms with Gasteiger partial charge in [-0.1, -0.05) is 17.7 Å². The number of carbonyl (C=O) groups excluding carboxylic acids is 3. The summed E-state index contributed by atoms with van der Waals surface area (Å²) in [7, 11) is 0. The third-order valence-corrected chi connectivity index (χ3v) is 5.81. The van der Waals surface area contributed by atoms with Gasteiger partial charge < -0.3 is 15.1 Å². The number of rotatable bonds is 4. The number of nitrogens with zero attached hydrogens (tertiary/aromatic N) is 3. The van der Waals surface area contributed by atoms with Crippen molar-refractivity contribution >= 4 is 17.7 Å². The molecule has 2 heterocycles. The number of nitrogens with one attached hydrogen (secondary N) is 1. The number of likely N-dealkylation sites (tertiary alicyclic amines) is 1. The van der Waals surface area contributed by atoms with E-state index >= 15 is 0 Å². The number of hydrogen-bond donors (Lipinski definition) is 1. The predicted molar refractivity (Wildman–Crippen MR) is 112 cm³/mol. The second-order valence-electron chi connectivity index (χ2n) is 8.14. The maximum absolute atomic E-state index is 12.8. The molecule has 2 saturated heterocycles. The highest BCUT2D eigenvalue weighted by Crippen LogP contribution is 2.12. The van der Waals surface area contributed by atoms with Crippen molar-refractivity contribution in [2.75, 3.05) is 45.8 Å². The number of benzene rings is 1. The van der Waals surface area contributed by atoms with Crippen LogP contribution in [0.5, 0.6) is 0 Å². The molecule has 7 nitrogen and oxygen atoms in total. The van der Waals surface area contributed by atoms with E-state index in [0.717, 1.165) is 36.9 Å². The van der Waals surface area contributed by atoms with E-state index in [4.69, 9.17) is 0 Å². The Morgan fingerprint density at radius 2 is 1.76 bits per heavy atom. The number of carbonyl (C=O) groups is 3. The van der Waals surface area contributed by atoms with Gasteiger partial charge in [0.25, 0.3) is 5.91 Å². The largest absolute Gasteiger partial charge is 0.352 e. The zero-order valence-electron chi connectivity index (χ0n) is 17.5. The van der Waals surface area contributed by atoms with Crippen LogP contribution in [0.25, 0.3) is 0 Å². The Hall–Kier alpha value is -2.41. The Labute approximate surface area is 173 Å². The van der Waals surface area contributed by atoms with Crippen molar-refractivity contribution in [3.05, 3.63) is 35.4 Å². The SMILES string of the molecule is CC(=O)N1CCC(NC(=O)CN2CCCN(C(=O)c3cccc(C)c3)CC2)CC1. The zero-order valence-corrected chi connectivity index (χ0v) is 17.5. The Morgan fingerprint density at radius 3 is 2.45 bits per heavy atom. The van der Waals surface area contributed by atoms with Crippen LogP contribution in [0.4, 0.5) is 0 Å². The molecular formula is C22H32N4O3. The van der Waals surface area contributed by atoms with Gasteiger partial charge in [0.05, 0.1) is 6.54 Å². The molecular weight excluding hydrogens is 368 g/mol. The summed E-state index contributed by atoms with van der Waals surface area (Å²) >= 11 is 0. The third-order valence-electron chi connectivity index (χ3n) is 5.81. The van der Waals surface area contributed by atoms with Gasteiger partial charge in [0, 0.05) is 57.8 Å². The molecule has 3 amide bonds. The average molecular weight is 401 g/mol. The summed E-state index contributed by atoms with van der Waals surface area (Å²) in [5, 5.41) is 3.11. The first-order valence-electron chi connectivity index (χ1n) is 10.6. The van der Waals surface area contributed by atoms with Gasteiger partial charge in [0.15, 0.2) is 0 Å². The summed E-state index contributed by atoms with van der Waals surface area (Å²) in [5.74, 6) is 0.200. The number of hydrogen-bond acceptors (Lipinski definition) is 4. The van der Waals surface area contributed by atoms with E-state index in [0.29, 0.717) is 39.3 Å². The molecule has 0 spiro atoms. The Kier molecular flexibility index (Phi) is 7.25. The minimum atomic E-state index is 0.0322. The molecule has 0 bridgehead atoms. The van der Waals surface area contributed by atoms with Gasteiger partial charge in [-0.25, -0.2) is 0 Å². The molecule has 0 aliphatic carbocycles. The minimum Gasteiger partial charge on any atom is -0.352 e. The predicted octanol–water partition coefficient (Wildman–Crippen LogP) is 1.27. The highest BCUT2D eigenvalue weighted by atomic mass is 16.2. The van der Waals surface area contributed by atoms with Crippen LogP contribution >= 0.6 is 0 Å². The van der Waals surface area contributed by atoms with Crippen LogP contribution in [0.1, 0.15) is 42.1 Å². The average Bonchev–Trinajstić information content (AvgIpc) is 2.93. The molecule has 0 unspecified atom stereocenters. The first-order valence-corrected chi connectivity index (χ1v) is 10.6. The third kappa shape index (κ3) is 6.03. The van der Waals surface area contributed by atoms with E-state index < -0.39 is 0 Å². The van der Waals surface area contributed by atoms with Crippen molar-refractivity contribution in [3.63, 3.8) is 0 Å². The first kappa shape index (κ1) is 21.3. The van der Waals surface area contributed by atoms with Gasteiger partial charge in [0.1, 0.15) is 0 Å². The van der Waals surface area contributed by atoms with Crippen LogP contribution in [0.3, 0.4) is 0 Å². The molecule has 1 aromatic rings. The molecule has 29 heavy (non-hydrogen) atoms. The summed E-state index contributed by atoms with van der Waals surface area (Å²) in [4.78, 5) is 42.5. The Bertz CT molecular complexity index is 743. The van der Waals surface area contributed by atoms with E-state index in [-0.39, 0.29) is 23.8 Å². The zero-order chi connectivity index (χ0) is 20.8. The van der Waals surface area contributed by atoms with Gasteiger partial charge >= 0.3 is 0 Å². The van der Waals surface area contributed by atoms with Gasteiger partial charge in [-0.05, 0) is 38.3 Å². The van der Waals surface area contributed by atoms with Gasteiger partial charge in [-0.3, -0.25) is 19.3 Å². The fraction of sp³-hybridized carbons (Fsp3) is 0.591. The number of piperidine rings is 1. The molecule has 158 valence electrons. The van der Waals surface area contributed by atoms with Crippen molar-refractivity contribution in [1.29, 1.82) is 0 Å². The van der Waals surface area contributed by atoms with Crippen molar-refractivity contribution in [2.45, 2.75) is 39.2 Å². The van der Waals surface area contributed by atoms with Crippen LogP contribution < -0.4 is 5.32 Å². The molecule has 0 radical (unpaired) electrons. The summed E-state index contributed by atoms with van der Waals surface area (Å²) in [6, 6.07) is 7.84. The number of amides is 3. The highest BCUT2D eigenvalue weighted by molar-refractivity contribution is 5.94. The summed E-state index contributed by atoms with van der Waals surface area (Å²) in [6.07, 6.45) is 2.48. The molecule has 1 N–H and O–H groups in total. The van der Waals surface area contributed by atoms with Crippen LogP contribution in [0.2, 0.25) is 0 Å². The van der Waals surface area contributed by atoms with E-state index in [2.05, 4.69) is 10.2 Å². The molecule has 2 aliphatic rings. The lowest BCUT2D eigenvalue weighted by atomic mass is 10.1. The standard InChI is InChI=1S/C22H32N4O3/c1-17-5-3-6-19(15-17)22(29)26-10-4-9-24(13-14-26)16-21(28)23-20-7-11-25(12-8-20)18(2)27/h3,5-6,15,20H,4,7-14,16H2,1-2H3,(H,23,28). The van der Waals surface area contributed by atoms with Gasteiger partial charge in [0.2, 0.25) is 11.8 Å². The van der Waals surface area contributed by atoms with Crippen LogP contribution in [0.15, 0.2) is 24.3 Å². The summed E-state index contributed by atoms with van der Waals surface area (Å²) in [6.45, 7) is 8.22. The number of aryl methyl sites for hydroxylation is 1. The summed E-state index contributed by atoms with van der Waals surface area (Å²) in [5.41, 5.74) is 1.81. The molecule has 7 heteroatoms. The van der Waals surface area contributed by atoms with Crippen molar-refractivity contribution in [2.24, 2.45) is 0 Å².